The van der Waals surface area contributed by atoms with Crippen LogP contribution in [-0.4, -0.2) is 57.4 Å². The van der Waals surface area contributed by atoms with Gasteiger partial charge in [0.2, 0.25) is 0 Å². The van der Waals surface area contributed by atoms with Crippen molar-refractivity contribution in [3.63, 3.8) is 0 Å². The summed E-state index contributed by atoms with van der Waals surface area (Å²) in [6.45, 7) is 4.63. The van der Waals surface area contributed by atoms with E-state index < -0.39 is 29.4 Å². The monoisotopic (exact) mass is 259 g/mol. The summed E-state index contributed by atoms with van der Waals surface area (Å²) in [5, 5.41) is 28.0. The van der Waals surface area contributed by atoms with Gasteiger partial charge in [-0.15, -0.1) is 0 Å². The first-order valence-electron chi connectivity index (χ1n) is 6.17. The van der Waals surface area contributed by atoms with Crippen LogP contribution in [0.25, 0.3) is 0 Å². The third-order valence-electron chi connectivity index (χ3n) is 3.66. The Kier molecular flexibility index (Phi) is 4.70. The fraction of sp³-hybridized carbons (Fsp3) is 0.833. The summed E-state index contributed by atoms with van der Waals surface area (Å²) >= 11 is 0. The molecular formula is C12H21NO5. The van der Waals surface area contributed by atoms with Crippen LogP contribution in [-0.2, 0) is 9.59 Å². The minimum absolute atomic E-state index is 0.183. The lowest BCUT2D eigenvalue weighted by atomic mass is 9.85. The topological polar surface area (TPSA) is 98.1 Å². The molecule has 1 aliphatic rings. The second-order valence-corrected chi connectivity index (χ2v) is 5.26. The summed E-state index contributed by atoms with van der Waals surface area (Å²) in [6, 6.07) is 0. The van der Waals surface area contributed by atoms with Crippen LogP contribution in [0.5, 0.6) is 0 Å². The number of carboxylic acids is 2. The first-order valence-corrected chi connectivity index (χ1v) is 6.17. The lowest BCUT2D eigenvalue weighted by Gasteiger charge is -2.38. The van der Waals surface area contributed by atoms with E-state index in [0.29, 0.717) is 25.9 Å². The predicted molar refractivity (Wildman–Crippen MR) is 64.2 cm³/mol. The number of piperidine rings is 1. The maximum absolute atomic E-state index is 11.1. The number of carbonyl (C=O) groups is 2. The molecule has 3 N–H and O–H groups in total. The molecule has 6 heteroatoms. The van der Waals surface area contributed by atoms with Crippen LogP contribution in [0.4, 0.5) is 0 Å². The molecule has 0 aromatic heterocycles. The number of hydrogen-bond donors (Lipinski definition) is 3. The third kappa shape index (κ3) is 3.68. The standard InChI is InChI=1S/C12H21NO5/c1-3-12(2,18)7-13-5-4-8(10(14)15)9(6-13)11(16)17/h8-9,18H,3-7H2,1-2H3,(H,14,15)(H,16,17). The van der Waals surface area contributed by atoms with E-state index >= 15 is 0 Å². The molecule has 0 radical (unpaired) electrons. The Morgan fingerprint density at radius 1 is 1.28 bits per heavy atom. The van der Waals surface area contributed by atoms with Crippen LogP contribution >= 0.6 is 0 Å². The van der Waals surface area contributed by atoms with E-state index in [-0.39, 0.29) is 6.54 Å². The van der Waals surface area contributed by atoms with Gasteiger partial charge in [0.25, 0.3) is 0 Å². The third-order valence-corrected chi connectivity index (χ3v) is 3.66. The predicted octanol–water partition coefficient (Wildman–Crippen LogP) is 0.255. The highest BCUT2D eigenvalue weighted by Gasteiger charge is 2.39. The van der Waals surface area contributed by atoms with Crippen LogP contribution in [0.2, 0.25) is 0 Å². The first-order chi connectivity index (χ1) is 8.26. The van der Waals surface area contributed by atoms with Crippen LogP contribution in [0.1, 0.15) is 26.7 Å². The van der Waals surface area contributed by atoms with E-state index in [2.05, 4.69) is 0 Å². The molecule has 3 unspecified atom stereocenters. The minimum atomic E-state index is -1.08. The fourth-order valence-electron chi connectivity index (χ4n) is 2.30. The number of nitrogens with zero attached hydrogens (tertiary/aromatic N) is 1. The molecule has 0 bridgehead atoms. The first kappa shape index (κ1) is 14.9. The summed E-state index contributed by atoms with van der Waals surface area (Å²) in [7, 11) is 0. The number of β-amino-alcohol motifs (C(OH)–C–C–N with tert-alkyl or cyclic N) is 1. The summed E-state index contributed by atoms with van der Waals surface area (Å²) in [4.78, 5) is 23.9. The number of hydrogen-bond acceptors (Lipinski definition) is 4. The van der Waals surface area contributed by atoms with Crippen LogP contribution < -0.4 is 0 Å². The van der Waals surface area contributed by atoms with Crippen LogP contribution in [0, 0.1) is 11.8 Å². The summed E-state index contributed by atoms with van der Waals surface area (Å²) < 4.78 is 0. The second kappa shape index (κ2) is 5.67. The normalized spacial score (nSPS) is 28.6. The molecule has 0 aromatic rings. The largest absolute Gasteiger partial charge is 0.481 e. The molecule has 1 fully saturated rings. The van der Waals surface area contributed by atoms with Gasteiger partial charge >= 0.3 is 11.9 Å². The van der Waals surface area contributed by atoms with E-state index in [0.717, 1.165) is 0 Å². The summed E-state index contributed by atoms with van der Waals surface area (Å²) in [5.74, 6) is -3.86. The van der Waals surface area contributed by atoms with Gasteiger partial charge in [-0.3, -0.25) is 14.5 Å². The molecule has 104 valence electrons. The molecule has 6 nitrogen and oxygen atoms in total. The van der Waals surface area contributed by atoms with Gasteiger partial charge in [0, 0.05) is 13.1 Å². The molecular weight excluding hydrogens is 238 g/mol. The molecule has 0 aromatic carbocycles. The lowest BCUT2D eigenvalue weighted by molar-refractivity contribution is -0.157. The second-order valence-electron chi connectivity index (χ2n) is 5.26. The molecule has 0 aliphatic carbocycles. The zero-order valence-corrected chi connectivity index (χ0v) is 10.8. The molecule has 0 spiro atoms. The molecule has 1 heterocycles. The Morgan fingerprint density at radius 3 is 2.28 bits per heavy atom. The van der Waals surface area contributed by atoms with Crippen molar-refractivity contribution >= 4 is 11.9 Å². The van der Waals surface area contributed by atoms with Gasteiger partial charge in [0.1, 0.15) is 0 Å². The molecule has 0 amide bonds. The van der Waals surface area contributed by atoms with Crippen LogP contribution in [0.15, 0.2) is 0 Å². The maximum Gasteiger partial charge on any atom is 0.308 e. The Morgan fingerprint density at radius 2 is 1.83 bits per heavy atom. The van der Waals surface area contributed by atoms with Crippen molar-refractivity contribution in [3.8, 4) is 0 Å². The average Bonchev–Trinajstić information content (AvgIpc) is 2.28. The Hall–Kier alpha value is -1.14. The number of likely N-dealkylation sites (tertiary alicyclic amines) is 1. The van der Waals surface area contributed by atoms with Crippen molar-refractivity contribution in [3.05, 3.63) is 0 Å². The van der Waals surface area contributed by atoms with Crippen molar-refractivity contribution in [2.45, 2.75) is 32.3 Å². The van der Waals surface area contributed by atoms with Gasteiger partial charge in [0.15, 0.2) is 0 Å². The van der Waals surface area contributed by atoms with Gasteiger partial charge in [-0.05, 0) is 26.3 Å². The highest BCUT2D eigenvalue weighted by atomic mass is 16.4. The highest BCUT2D eigenvalue weighted by molar-refractivity contribution is 5.80. The van der Waals surface area contributed by atoms with E-state index in [1.165, 1.54) is 0 Å². The van der Waals surface area contributed by atoms with Crippen LogP contribution in [0.3, 0.4) is 0 Å². The quantitative estimate of drug-likeness (QED) is 0.655. The average molecular weight is 259 g/mol. The molecule has 1 aliphatic heterocycles. The molecule has 18 heavy (non-hydrogen) atoms. The van der Waals surface area contributed by atoms with Crippen molar-refractivity contribution < 1.29 is 24.9 Å². The van der Waals surface area contributed by atoms with Gasteiger partial charge in [-0.2, -0.15) is 0 Å². The zero-order chi connectivity index (χ0) is 13.9. The summed E-state index contributed by atoms with van der Waals surface area (Å²) in [5.41, 5.74) is -0.862. The van der Waals surface area contributed by atoms with Crippen molar-refractivity contribution in [2.75, 3.05) is 19.6 Å². The minimum Gasteiger partial charge on any atom is -0.481 e. The zero-order valence-electron chi connectivity index (χ0n) is 10.8. The lowest BCUT2D eigenvalue weighted by Crippen LogP contribution is -2.50. The smallest absolute Gasteiger partial charge is 0.308 e. The number of aliphatic hydroxyl groups is 1. The van der Waals surface area contributed by atoms with E-state index in [1.54, 1.807) is 6.92 Å². The van der Waals surface area contributed by atoms with E-state index in [1.807, 2.05) is 11.8 Å². The Bertz CT molecular complexity index is 328. The van der Waals surface area contributed by atoms with E-state index in [4.69, 9.17) is 10.2 Å². The van der Waals surface area contributed by atoms with Crippen molar-refractivity contribution in [2.24, 2.45) is 11.8 Å². The fourth-order valence-corrected chi connectivity index (χ4v) is 2.30. The molecule has 3 atom stereocenters. The maximum atomic E-state index is 11.1. The van der Waals surface area contributed by atoms with Gasteiger partial charge < -0.3 is 15.3 Å². The number of aliphatic carboxylic acids is 2. The number of carboxylic acid groups (broad SMARTS) is 2. The Balaban J connectivity index is 2.69. The van der Waals surface area contributed by atoms with Crippen molar-refractivity contribution in [1.82, 2.24) is 4.90 Å². The molecule has 0 saturated carbocycles. The van der Waals surface area contributed by atoms with Gasteiger partial charge in [0.05, 0.1) is 17.4 Å². The van der Waals surface area contributed by atoms with Crippen molar-refractivity contribution in [1.29, 1.82) is 0 Å². The number of rotatable bonds is 5. The van der Waals surface area contributed by atoms with Gasteiger partial charge in [-0.1, -0.05) is 6.92 Å². The molecule has 1 rings (SSSR count). The highest BCUT2D eigenvalue weighted by Crippen LogP contribution is 2.26. The Labute approximate surface area is 106 Å². The SMILES string of the molecule is CCC(C)(O)CN1CCC(C(=O)O)C(C(=O)O)C1. The van der Waals surface area contributed by atoms with Gasteiger partial charge in [-0.25, -0.2) is 0 Å². The summed E-state index contributed by atoms with van der Waals surface area (Å²) in [6.07, 6.45) is 0.885. The van der Waals surface area contributed by atoms with E-state index in [9.17, 15) is 14.7 Å². The molecule has 1 saturated heterocycles.